The first kappa shape index (κ1) is 20.3. The molecule has 2 aliphatic heterocycles. The van der Waals surface area contributed by atoms with Crippen molar-refractivity contribution in [2.75, 3.05) is 19.6 Å². The van der Waals surface area contributed by atoms with Crippen LogP contribution in [-0.2, 0) is 16.1 Å². The summed E-state index contributed by atoms with van der Waals surface area (Å²) in [5, 5.41) is 36.2. The lowest BCUT2D eigenvalue weighted by atomic mass is 9.94. The summed E-state index contributed by atoms with van der Waals surface area (Å²) in [4.78, 5) is 22.1. The zero-order valence-corrected chi connectivity index (χ0v) is 14.5. The molecule has 0 saturated carbocycles. The Balaban J connectivity index is 0.000000213. The van der Waals surface area contributed by atoms with E-state index in [1.165, 1.54) is 38.0 Å². The van der Waals surface area contributed by atoms with Crippen LogP contribution in [0.25, 0.3) is 0 Å². The molecule has 1 aromatic carbocycles. The monoisotopic (exact) mass is 366 g/mol. The number of aliphatic hydroxyl groups is 2. The number of carbonyl (C=O) groups is 2. The molecule has 0 radical (unpaired) electrons. The molecule has 1 aromatic rings. The maximum atomic E-state index is 9.77. The van der Waals surface area contributed by atoms with Crippen molar-refractivity contribution in [3.63, 3.8) is 0 Å². The van der Waals surface area contributed by atoms with Crippen LogP contribution in [0.2, 0.25) is 0 Å². The van der Waals surface area contributed by atoms with Gasteiger partial charge in [0.25, 0.3) is 0 Å². The van der Waals surface area contributed by atoms with Gasteiger partial charge in [-0.05, 0) is 30.9 Å². The third kappa shape index (κ3) is 5.77. The third-order valence-corrected chi connectivity index (χ3v) is 4.73. The van der Waals surface area contributed by atoms with Crippen LogP contribution in [0.3, 0.4) is 0 Å². The highest BCUT2D eigenvalue weighted by atomic mass is 16.4. The number of carboxylic acid groups (broad SMARTS) is 2. The molecule has 2 aliphatic rings. The zero-order chi connectivity index (χ0) is 19.1. The van der Waals surface area contributed by atoms with Crippen molar-refractivity contribution in [2.24, 2.45) is 5.92 Å². The second-order valence-corrected chi connectivity index (χ2v) is 6.71. The van der Waals surface area contributed by atoms with Gasteiger partial charge in [0.15, 0.2) is 12.2 Å². The van der Waals surface area contributed by atoms with E-state index in [-0.39, 0.29) is 0 Å². The van der Waals surface area contributed by atoms with Gasteiger partial charge in [0.2, 0.25) is 0 Å². The molecule has 2 saturated heterocycles. The number of likely N-dealkylation sites (tertiary alicyclic amines) is 1. The van der Waals surface area contributed by atoms with Gasteiger partial charge in [0.05, 0.1) is 0 Å². The van der Waals surface area contributed by atoms with Crippen LogP contribution in [0.15, 0.2) is 30.3 Å². The van der Waals surface area contributed by atoms with Crippen molar-refractivity contribution < 1.29 is 30.0 Å². The minimum absolute atomic E-state index is 0.762. The van der Waals surface area contributed by atoms with Crippen LogP contribution in [0.5, 0.6) is 0 Å². The highest BCUT2D eigenvalue weighted by Gasteiger charge is 2.33. The number of aliphatic hydroxyl groups excluding tert-OH is 2. The highest BCUT2D eigenvalue weighted by molar-refractivity contribution is 5.83. The quantitative estimate of drug-likeness (QED) is 0.482. The van der Waals surface area contributed by atoms with Gasteiger partial charge in [-0.25, -0.2) is 9.59 Å². The molecule has 0 aliphatic carbocycles. The molecule has 0 aromatic heterocycles. The molecule has 3 rings (SSSR count). The molecule has 5 N–H and O–H groups in total. The van der Waals surface area contributed by atoms with Crippen molar-refractivity contribution >= 4 is 11.9 Å². The molecular weight excluding hydrogens is 340 g/mol. The van der Waals surface area contributed by atoms with Gasteiger partial charge in [0.1, 0.15) is 0 Å². The topological polar surface area (TPSA) is 130 Å². The number of hydrogen-bond acceptors (Lipinski definition) is 6. The van der Waals surface area contributed by atoms with Crippen molar-refractivity contribution in [1.29, 1.82) is 0 Å². The van der Waals surface area contributed by atoms with Gasteiger partial charge < -0.3 is 25.7 Å². The molecule has 0 amide bonds. The molecule has 144 valence electrons. The van der Waals surface area contributed by atoms with E-state index in [2.05, 4.69) is 40.5 Å². The van der Waals surface area contributed by atoms with E-state index in [9.17, 15) is 9.59 Å². The van der Waals surface area contributed by atoms with Crippen LogP contribution < -0.4 is 5.32 Å². The van der Waals surface area contributed by atoms with Gasteiger partial charge >= 0.3 is 11.9 Å². The maximum absolute atomic E-state index is 9.77. The van der Waals surface area contributed by atoms with E-state index >= 15 is 0 Å². The summed E-state index contributed by atoms with van der Waals surface area (Å²) in [6, 6.07) is 11.6. The van der Waals surface area contributed by atoms with Crippen molar-refractivity contribution in [1.82, 2.24) is 10.2 Å². The van der Waals surface area contributed by atoms with Crippen LogP contribution in [-0.4, -0.2) is 75.1 Å². The normalized spacial score (nSPS) is 24.7. The van der Waals surface area contributed by atoms with Crippen molar-refractivity contribution in [3.8, 4) is 0 Å². The Bertz CT molecular complexity index is 565. The third-order valence-electron chi connectivity index (χ3n) is 4.73. The Labute approximate surface area is 152 Å². The van der Waals surface area contributed by atoms with E-state index < -0.39 is 24.1 Å². The summed E-state index contributed by atoms with van der Waals surface area (Å²) in [5.41, 5.74) is 1.45. The fourth-order valence-corrected chi connectivity index (χ4v) is 3.38. The van der Waals surface area contributed by atoms with Crippen LogP contribution in [0, 0.1) is 5.92 Å². The summed E-state index contributed by atoms with van der Waals surface area (Å²) >= 11 is 0. The molecule has 0 spiro atoms. The minimum Gasteiger partial charge on any atom is -0.479 e. The first-order valence-corrected chi connectivity index (χ1v) is 8.70. The van der Waals surface area contributed by atoms with E-state index in [0.717, 1.165) is 18.5 Å². The summed E-state index contributed by atoms with van der Waals surface area (Å²) in [7, 11) is 0. The smallest absolute Gasteiger partial charge is 0.335 e. The number of aliphatic carboxylic acids is 2. The molecular formula is C18H26N2O6. The molecule has 4 atom stereocenters. The fraction of sp³-hybridized carbons (Fsp3) is 0.556. The van der Waals surface area contributed by atoms with Crippen molar-refractivity contribution in [2.45, 2.75) is 37.6 Å². The van der Waals surface area contributed by atoms with Crippen LogP contribution in [0.4, 0.5) is 0 Å². The van der Waals surface area contributed by atoms with Gasteiger partial charge in [-0.15, -0.1) is 0 Å². The van der Waals surface area contributed by atoms with E-state index in [0.29, 0.717) is 0 Å². The Morgan fingerprint density at radius 3 is 2.23 bits per heavy atom. The number of benzene rings is 1. The fourth-order valence-electron chi connectivity index (χ4n) is 3.38. The molecule has 8 nitrogen and oxygen atoms in total. The number of fused-ring (bicyclic) bond motifs is 1. The molecule has 26 heavy (non-hydrogen) atoms. The number of nitrogens with zero attached hydrogens (tertiary/aromatic N) is 1. The van der Waals surface area contributed by atoms with E-state index in [1.807, 2.05) is 0 Å². The second-order valence-electron chi connectivity index (χ2n) is 6.71. The summed E-state index contributed by atoms with van der Waals surface area (Å²) in [6.07, 6.45) is -1.75. The SMILES string of the molecule is O=C(O)[C@H](O)[C@@H](O)C(=O)O.c1ccc(CN2C[C@H]3CCCN[C@H]3C2)cc1. The minimum atomic E-state index is -2.27. The predicted molar refractivity (Wildman–Crippen MR) is 93.5 cm³/mol. The first-order valence-electron chi connectivity index (χ1n) is 8.70. The van der Waals surface area contributed by atoms with Gasteiger partial charge in [0, 0.05) is 25.7 Å². The molecule has 0 bridgehead atoms. The number of rotatable bonds is 5. The average molecular weight is 366 g/mol. The van der Waals surface area contributed by atoms with Gasteiger partial charge in [-0.1, -0.05) is 30.3 Å². The average Bonchev–Trinajstić information content (AvgIpc) is 3.03. The lowest BCUT2D eigenvalue weighted by molar-refractivity contribution is -0.165. The number of carboxylic acids is 2. The number of nitrogens with one attached hydrogen (secondary N) is 1. The Kier molecular flexibility index (Phi) is 7.52. The molecule has 8 heteroatoms. The number of hydrogen-bond donors (Lipinski definition) is 5. The van der Waals surface area contributed by atoms with Crippen LogP contribution in [0.1, 0.15) is 18.4 Å². The zero-order valence-electron chi connectivity index (χ0n) is 14.5. The van der Waals surface area contributed by atoms with E-state index in [1.54, 1.807) is 0 Å². The predicted octanol–water partition coefficient (Wildman–Crippen LogP) is -0.252. The number of piperidine rings is 1. The largest absolute Gasteiger partial charge is 0.479 e. The summed E-state index contributed by atoms with van der Waals surface area (Å²) < 4.78 is 0. The summed E-state index contributed by atoms with van der Waals surface area (Å²) in [6.45, 7) is 4.86. The van der Waals surface area contributed by atoms with Gasteiger partial charge in [-0.3, -0.25) is 4.90 Å². The Morgan fingerprint density at radius 2 is 1.69 bits per heavy atom. The lowest BCUT2D eigenvalue weighted by Gasteiger charge is -2.24. The first-order chi connectivity index (χ1) is 12.4. The lowest BCUT2D eigenvalue weighted by Crippen LogP contribution is -2.40. The Hall–Kier alpha value is -2.00. The van der Waals surface area contributed by atoms with Crippen LogP contribution >= 0.6 is 0 Å². The maximum Gasteiger partial charge on any atom is 0.335 e. The second kappa shape index (κ2) is 9.63. The highest BCUT2D eigenvalue weighted by Crippen LogP contribution is 2.25. The summed E-state index contributed by atoms with van der Waals surface area (Å²) in [5.74, 6) is -2.64. The van der Waals surface area contributed by atoms with Gasteiger partial charge in [-0.2, -0.15) is 0 Å². The molecule has 2 heterocycles. The molecule has 0 unspecified atom stereocenters. The standard InChI is InChI=1S/C14H20N2.C4H6O6/c1-2-5-12(6-3-1)9-16-10-13-7-4-8-15-14(13)11-16;5-1(3(7)8)2(6)4(9)10/h1-3,5-6,13-15H,4,7-11H2;1-2,5-6H,(H,7,8)(H,9,10)/t13-,14+;1-,2-/m11/s1. The van der Waals surface area contributed by atoms with E-state index in [4.69, 9.17) is 20.4 Å². The van der Waals surface area contributed by atoms with Crippen molar-refractivity contribution in [3.05, 3.63) is 35.9 Å². The Morgan fingerprint density at radius 1 is 1.08 bits per heavy atom. The molecule has 2 fully saturated rings.